The number of carbonyl (C=O) groups is 1. The van der Waals surface area contributed by atoms with Crippen molar-refractivity contribution in [3.05, 3.63) is 0 Å². The Balaban J connectivity index is 1.58. The van der Waals surface area contributed by atoms with Crippen molar-refractivity contribution < 1.29 is 4.79 Å². The van der Waals surface area contributed by atoms with Crippen LogP contribution < -0.4 is 10.6 Å². The van der Waals surface area contributed by atoms with E-state index in [1.54, 1.807) is 0 Å². The molecule has 2 saturated carbocycles. The van der Waals surface area contributed by atoms with E-state index in [9.17, 15) is 4.79 Å². The molecule has 3 rings (SSSR count). The molecule has 2 N–H and O–H groups in total. The minimum absolute atomic E-state index is 0.104. The Morgan fingerprint density at radius 1 is 1.16 bits per heavy atom. The number of hydrogen-bond acceptors (Lipinski definition) is 2. The van der Waals surface area contributed by atoms with Gasteiger partial charge in [0.1, 0.15) is 0 Å². The second kappa shape index (κ2) is 5.82. The molecule has 1 aliphatic heterocycles. The van der Waals surface area contributed by atoms with Crippen LogP contribution in [0.25, 0.3) is 0 Å². The smallest absolute Gasteiger partial charge is 0.237 e. The van der Waals surface area contributed by atoms with Crippen molar-refractivity contribution in [2.24, 2.45) is 17.8 Å². The molecule has 19 heavy (non-hydrogen) atoms. The van der Waals surface area contributed by atoms with Crippen LogP contribution in [-0.2, 0) is 4.79 Å². The highest BCUT2D eigenvalue weighted by atomic mass is 16.2. The highest BCUT2D eigenvalue weighted by Gasteiger charge is 2.43. The number of fused-ring (bicyclic) bond motifs is 1. The number of hydrogen-bond donors (Lipinski definition) is 2. The van der Waals surface area contributed by atoms with Crippen LogP contribution in [0.1, 0.15) is 58.3 Å². The summed E-state index contributed by atoms with van der Waals surface area (Å²) >= 11 is 0. The Bertz CT molecular complexity index is 331. The van der Waals surface area contributed by atoms with Crippen molar-refractivity contribution >= 4 is 5.91 Å². The van der Waals surface area contributed by atoms with Crippen molar-refractivity contribution in [1.29, 1.82) is 0 Å². The molecule has 3 heteroatoms. The van der Waals surface area contributed by atoms with Crippen molar-refractivity contribution in [2.45, 2.75) is 70.4 Å². The van der Waals surface area contributed by atoms with Gasteiger partial charge in [-0.1, -0.05) is 32.6 Å². The van der Waals surface area contributed by atoms with E-state index >= 15 is 0 Å². The Kier molecular flexibility index (Phi) is 4.11. The molecule has 1 amide bonds. The van der Waals surface area contributed by atoms with Gasteiger partial charge in [0.05, 0.1) is 6.04 Å². The lowest BCUT2D eigenvalue weighted by atomic mass is 9.82. The van der Waals surface area contributed by atoms with Gasteiger partial charge in [0, 0.05) is 6.04 Å². The molecule has 1 heterocycles. The maximum absolute atomic E-state index is 12.5. The Labute approximate surface area is 116 Å². The molecule has 3 aliphatic rings. The van der Waals surface area contributed by atoms with Gasteiger partial charge in [-0.15, -0.1) is 0 Å². The third-order valence-electron chi connectivity index (χ3n) is 5.79. The lowest BCUT2D eigenvalue weighted by molar-refractivity contribution is -0.125. The SMILES string of the molecule is CCC1CCCCC1NC(=O)C1NCC2CCCC21. The summed E-state index contributed by atoms with van der Waals surface area (Å²) in [7, 11) is 0. The van der Waals surface area contributed by atoms with Crippen LogP contribution in [-0.4, -0.2) is 24.5 Å². The third kappa shape index (κ3) is 2.67. The molecule has 2 aliphatic carbocycles. The zero-order chi connectivity index (χ0) is 13.2. The van der Waals surface area contributed by atoms with E-state index in [-0.39, 0.29) is 6.04 Å². The predicted octanol–water partition coefficient (Wildman–Crippen LogP) is 2.46. The highest BCUT2D eigenvalue weighted by Crippen LogP contribution is 2.38. The van der Waals surface area contributed by atoms with Crippen LogP contribution in [0.3, 0.4) is 0 Å². The van der Waals surface area contributed by atoms with Crippen molar-refractivity contribution in [3.63, 3.8) is 0 Å². The zero-order valence-electron chi connectivity index (χ0n) is 12.2. The molecule has 3 nitrogen and oxygen atoms in total. The summed E-state index contributed by atoms with van der Waals surface area (Å²) in [6.45, 7) is 3.32. The molecule has 0 aromatic heterocycles. The van der Waals surface area contributed by atoms with E-state index in [1.807, 2.05) is 0 Å². The standard InChI is InChI=1S/C16H28N2O/c1-2-11-6-3-4-9-14(11)18-16(19)15-13-8-5-7-12(13)10-17-15/h11-15,17H,2-10H2,1H3,(H,18,19). The van der Waals surface area contributed by atoms with Crippen LogP contribution in [0.4, 0.5) is 0 Å². The molecule has 5 atom stereocenters. The van der Waals surface area contributed by atoms with Gasteiger partial charge in [-0.3, -0.25) is 4.79 Å². The Morgan fingerprint density at radius 2 is 2.00 bits per heavy atom. The van der Waals surface area contributed by atoms with Gasteiger partial charge in [-0.25, -0.2) is 0 Å². The Hall–Kier alpha value is -0.570. The minimum atomic E-state index is 0.104. The number of amides is 1. The summed E-state index contributed by atoms with van der Waals surface area (Å²) in [5.74, 6) is 2.38. The lowest BCUT2D eigenvalue weighted by Gasteiger charge is -2.33. The van der Waals surface area contributed by atoms with Crippen LogP contribution in [0.2, 0.25) is 0 Å². The maximum atomic E-state index is 12.5. The number of carbonyl (C=O) groups excluding carboxylic acids is 1. The summed E-state index contributed by atoms with van der Waals surface area (Å²) in [6, 6.07) is 0.542. The normalized spacial score (nSPS) is 42.1. The van der Waals surface area contributed by atoms with Crippen LogP contribution in [0.15, 0.2) is 0 Å². The summed E-state index contributed by atoms with van der Waals surface area (Å²) in [6.07, 6.45) is 10.2. The molecular formula is C16H28N2O. The molecule has 1 saturated heterocycles. The van der Waals surface area contributed by atoms with E-state index < -0.39 is 0 Å². The van der Waals surface area contributed by atoms with Gasteiger partial charge in [0.25, 0.3) is 0 Å². The van der Waals surface area contributed by atoms with E-state index in [4.69, 9.17) is 0 Å². The van der Waals surface area contributed by atoms with Crippen LogP contribution in [0.5, 0.6) is 0 Å². The summed E-state index contributed by atoms with van der Waals surface area (Å²) in [5, 5.41) is 6.84. The quantitative estimate of drug-likeness (QED) is 0.822. The molecule has 0 bridgehead atoms. The lowest BCUT2D eigenvalue weighted by Crippen LogP contribution is -2.50. The van der Waals surface area contributed by atoms with Gasteiger partial charge in [0.2, 0.25) is 5.91 Å². The summed E-state index contributed by atoms with van der Waals surface area (Å²) < 4.78 is 0. The van der Waals surface area contributed by atoms with Crippen molar-refractivity contribution in [2.75, 3.05) is 6.54 Å². The monoisotopic (exact) mass is 264 g/mol. The highest BCUT2D eigenvalue weighted by molar-refractivity contribution is 5.83. The van der Waals surface area contributed by atoms with E-state index in [0.717, 1.165) is 12.5 Å². The fourth-order valence-corrected chi connectivity index (χ4v) is 4.63. The molecule has 5 unspecified atom stereocenters. The molecule has 3 fully saturated rings. The number of nitrogens with one attached hydrogen (secondary N) is 2. The van der Waals surface area contributed by atoms with E-state index in [2.05, 4.69) is 17.6 Å². The number of rotatable bonds is 3. The average Bonchev–Trinajstić information content (AvgIpc) is 3.01. The van der Waals surface area contributed by atoms with Crippen LogP contribution in [0, 0.1) is 17.8 Å². The second-order valence-corrected chi connectivity index (χ2v) is 6.81. The fourth-order valence-electron chi connectivity index (χ4n) is 4.63. The second-order valence-electron chi connectivity index (χ2n) is 6.81. The van der Waals surface area contributed by atoms with E-state index in [1.165, 1.54) is 51.4 Å². The first-order valence-electron chi connectivity index (χ1n) is 8.33. The largest absolute Gasteiger partial charge is 0.352 e. The predicted molar refractivity (Wildman–Crippen MR) is 76.8 cm³/mol. The van der Waals surface area contributed by atoms with Gasteiger partial charge in [-0.2, -0.15) is 0 Å². The van der Waals surface area contributed by atoms with Crippen molar-refractivity contribution in [3.8, 4) is 0 Å². The third-order valence-corrected chi connectivity index (χ3v) is 5.79. The van der Waals surface area contributed by atoms with Gasteiger partial charge in [-0.05, 0) is 50.0 Å². The van der Waals surface area contributed by atoms with E-state index in [0.29, 0.717) is 23.8 Å². The van der Waals surface area contributed by atoms with Gasteiger partial charge in [0.15, 0.2) is 0 Å². The van der Waals surface area contributed by atoms with Gasteiger partial charge >= 0.3 is 0 Å². The molecule has 0 spiro atoms. The maximum Gasteiger partial charge on any atom is 0.237 e. The molecular weight excluding hydrogens is 236 g/mol. The first-order chi connectivity index (χ1) is 9.29. The molecule has 0 aromatic rings. The van der Waals surface area contributed by atoms with Gasteiger partial charge < -0.3 is 10.6 Å². The molecule has 108 valence electrons. The summed E-state index contributed by atoms with van der Waals surface area (Å²) in [5.41, 5.74) is 0. The topological polar surface area (TPSA) is 41.1 Å². The minimum Gasteiger partial charge on any atom is -0.352 e. The molecule has 0 radical (unpaired) electrons. The average molecular weight is 264 g/mol. The first kappa shape index (κ1) is 13.4. The molecule has 0 aromatic carbocycles. The zero-order valence-corrected chi connectivity index (χ0v) is 12.2. The van der Waals surface area contributed by atoms with Crippen LogP contribution >= 0.6 is 0 Å². The first-order valence-corrected chi connectivity index (χ1v) is 8.33. The Morgan fingerprint density at radius 3 is 2.84 bits per heavy atom. The van der Waals surface area contributed by atoms with Crippen molar-refractivity contribution in [1.82, 2.24) is 10.6 Å². The summed E-state index contributed by atoms with van der Waals surface area (Å²) in [4.78, 5) is 12.5. The fraction of sp³-hybridized carbons (Fsp3) is 0.938.